The molecule has 0 saturated heterocycles. The van der Waals surface area contributed by atoms with Gasteiger partial charge in [0.15, 0.2) is 11.5 Å². The smallest absolute Gasteiger partial charge is 0.404 e. The molecular formula is C13H16F3NO2. The van der Waals surface area contributed by atoms with Gasteiger partial charge in [-0.1, -0.05) is 19.9 Å². The van der Waals surface area contributed by atoms with E-state index >= 15 is 0 Å². The summed E-state index contributed by atoms with van der Waals surface area (Å²) in [7, 11) is 0. The van der Waals surface area contributed by atoms with Crippen molar-refractivity contribution >= 4 is 0 Å². The quantitative estimate of drug-likeness (QED) is 0.902. The molecule has 2 N–H and O–H groups in total. The normalized spacial score (nSPS) is 17.2. The molecule has 0 radical (unpaired) electrons. The van der Waals surface area contributed by atoms with Crippen LogP contribution in [0.2, 0.25) is 0 Å². The Labute approximate surface area is 109 Å². The molecule has 1 aliphatic heterocycles. The first-order chi connectivity index (χ1) is 8.73. The summed E-state index contributed by atoms with van der Waals surface area (Å²) in [6.07, 6.45) is -4.45. The van der Waals surface area contributed by atoms with Crippen molar-refractivity contribution in [3.8, 4) is 11.5 Å². The molecule has 0 saturated carbocycles. The molecule has 6 heteroatoms. The third-order valence-corrected chi connectivity index (χ3v) is 3.42. The topological polar surface area (TPSA) is 44.5 Å². The molecule has 0 aliphatic carbocycles. The van der Waals surface area contributed by atoms with Crippen LogP contribution in [0.15, 0.2) is 18.2 Å². The number of ether oxygens (including phenoxy) is 2. The molecule has 106 valence electrons. The van der Waals surface area contributed by atoms with Crippen molar-refractivity contribution in [1.29, 1.82) is 0 Å². The standard InChI is InChI=1S/C13H16F3NO2/c1-12(2,11(17)13(14,15)16)8-3-4-9-10(7-8)19-6-5-18-9/h3-4,7,11H,5-6,17H2,1-2H3. The Morgan fingerprint density at radius 3 is 2.26 bits per heavy atom. The van der Waals surface area contributed by atoms with Gasteiger partial charge in [-0.25, -0.2) is 0 Å². The van der Waals surface area contributed by atoms with Crippen LogP contribution in [0.3, 0.4) is 0 Å². The molecule has 2 rings (SSSR count). The number of fused-ring (bicyclic) bond motifs is 1. The van der Waals surface area contributed by atoms with Crippen molar-refractivity contribution in [2.45, 2.75) is 31.5 Å². The van der Waals surface area contributed by atoms with Gasteiger partial charge in [0, 0.05) is 5.41 Å². The van der Waals surface area contributed by atoms with Crippen molar-refractivity contribution in [2.75, 3.05) is 13.2 Å². The molecule has 0 amide bonds. The molecule has 1 aromatic carbocycles. The third-order valence-electron chi connectivity index (χ3n) is 3.42. The highest BCUT2D eigenvalue weighted by atomic mass is 19.4. The lowest BCUT2D eigenvalue weighted by atomic mass is 9.77. The predicted molar refractivity (Wildman–Crippen MR) is 64.5 cm³/mol. The third kappa shape index (κ3) is 2.63. The second-order valence-electron chi connectivity index (χ2n) is 5.10. The zero-order chi connectivity index (χ0) is 14.3. The highest BCUT2D eigenvalue weighted by molar-refractivity contribution is 5.46. The second kappa shape index (κ2) is 4.59. The summed E-state index contributed by atoms with van der Waals surface area (Å²) >= 11 is 0. The van der Waals surface area contributed by atoms with Gasteiger partial charge < -0.3 is 15.2 Å². The molecule has 1 unspecified atom stereocenters. The molecular weight excluding hydrogens is 259 g/mol. The maximum absolute atomic E-state index is 12.8. The highest BCUT2D eigenvalue weighted by Gasteiger charge is 2.47. The van der Waals surface area contributed by atoms with Gasteiger partial charge in [0.1, 0.15) is 19.3 Å². The number of nitrogens with two attached hydrogens (primary N) is 1. The number of benzene rings is 1. The summed E-state index contributed by atoms with van der Waals surface area (Å²) in [4.78, 5) is 0. The fourth-order valence-electron chi connectivity index (χ4n) is 2.03. The summed E-state index contributed by atoms with van der Waals surface area (Å²) in [6, 6.07) is 2.84. The van der Waals surface area contributed by atoms with E-state index in [1.165, 1.54) is 13.8 Å². The van der Waals surface area contributed by atoms with Gasteiger partial charge in [-0.05, 0) is 17.7 Å². The summed E-state index contributed by atoms with van der Waals surface area (Å²) in [5, 5.41) is 0. The van der Waals surface area contributed by atoms with Gasteiger partial charge in [0.2, 0.25) is 0 Å². The van der Waals surface area contributed by atoms with Crippen LogP contribution in [0.4, 0.5) is 13.2 Å². The van der Waals surface area contributed by atoms with E-state index in [0.29, 0.717) is 30.3 Å². The minimum absolute atomic E-state index is 0.391. The maximum atomic E-state index is 12.8. The van der Waals surface area contributed by atoms with E-state index in [1.807, 2.05) is 0 Å². The predicted octanol–water partition coefficient (Wildman–Crippen LogP) is 2.62. The van der Waals surface area contributed by atoms with Gasteiger partial charge in [0.05, 0.1) is 0 Å². The van der Waals surface area contributed by atoms with E-state index in [9.17, 15) is 13.2 Å². The molecule has 1 aliphatic rings. The van der Waals surface area contributed by atoms with E-state index in [-0.39, 0.29) is 0 Å². The first-order valence-electron chi connectivity index (χ1n) is 5.95. The molecule has 0 fully saturated rings. The lowest BCUT2D eigenvalue weighted by Crippen LogP contribution is -2.51. The summed E-state index contributed by atoms with van der Waals surface area (Å²) in [6.45, 7) is 3.77. The van der Waals surface area contributed by atoms with E-state index < -0.39 is 17.6 Å². The van der Waals surface area contributed by atoms with E-state index in [0.717, 1.165) is 0 Å². The Hall–Kier alpha value is -1.43. The Balaban J connectivity index is 2.35. The Morgan fingerprint density at radius 1 is 1.11 bits per heavy atom. The van der Waals surface area contributed by atoms with Crippen molar-refractivity contribution in [3.05, 3.63) is 23.8 Å². The highest BCUT2D eigenvalue weighted by Crippen LogP contribution is 2.39. The van der Waals surface area contributed by atoms with E-state index in [2.05, 4.69) is 0 Å². The van der Waals surface area contributed by atoms with Crippen molar-refractivity contribution in [1.82, 2.24) is 0 Å². The molecule has 0 spiro atoms. The van der Waals surface area contributed by atoms with Gasteiger partial charge in [-0.3, -0.25) is 0 Å². The average Bonchev–Trinajstić information content (AvgIpc) is 2.36. The lowest BCUT2D eigenvalue weighted by molar-refractivity contribution is -0.160. The summed E-state index contributed by atoms with van der Waals surface area (Å²) < 4.78 is 49.1. The average molecular weight is 275 g/mol. The number of hydrogen-bond acceptors (Lipinski definition) is 3. The summed E-state index contributed by atoms with van der Waals surface area (Å²) in [5.41, 5.74) is 4.57. The van der Waals surface area contributed by atoms with Crippen LogP contribution >= 0.6 is 0 Å². The SMILES string of the molecule is CC(C)(c1ccc2c(c1)OCCO2)C(N)C(F)(F)F. The molecule has 0 aromatic heterocycles. The number of halogens is 3. The first kappa shape index (κ1) is 14.0. The Bertz CT molecular complexity index is 471. The van der Waals surface area contributed by atoms with Crippen LogP contribution < -0.4 is 15.2 Å². The van der Waals surface area contributed by atoms with Crippen LogP contribution in [-0.4, -0.2) is 25.4 Å². The largest absolute Gasteiger partial charge is 0.486 e. The van der Waals surface area contributed by atoms with E-state index in [4.69, 9.17) is 15.2 Å². The van der Waals surface area contributed by atoms with Crippen LogP contribution in [0.5, 0.6) is 11.5 Å². The van der Waals surface area contributed by atoms with Crippen molar-refractivity contribution in [3.63, 3.8) is 0 Å². The second-order valence-corrected chi connectivity index (χ2v) is 5.10. The fraction of sp³-hybridized carbons (Fsp3) is 0.538. The molecule has 19 heavy (non-hydrogen) atoms. The lowest BCUT2D eigenvalue weighted by Gasteiger charge is -2.34. The number of hydrogen-bond donors (Lipinski definition) is 1. The van der Waals surface area contributed by atoms with Crippen LogP contribution in [0, 0.1) is 0 Å². The van der Waals surface area contributed by atoms with Gasteiger partial charge in [-0.15, -0.1) is 0 Å². The van der Waals surface area contributed by atoms with Crippen molar-refractivity contribution in [2.24, 2.45) is 5.73 Å². The van der Waals surface area contributed by atoms with Crippen LogP contribution in [-0.2, 0) is 5.41 Å². The Morgan fingerprint density at radius 2 is 1.68 bits per heavy atom. The van der Waals surface area contributed by atoms with Crippen molar-refractivity contribution < 1.29 is 22.6 Å². The zero-order valence-electron chi connectivity index (χ0n) is 10.8. The summed E-state index contributed by atoms with van der Waals surface area (Å²) in [5.74, 6) is 1.01. The van der Waals surface area contributed by atoms with E-state index in [1.54, 1.807) is 18.2 Å². The molecule has 1 heterocycles. The van der Waals surface area contributed by atoms with Gasteiger partial charge >= 0.3 is 6.18 Å². The fourth-order valence-corrected chi connectivity index (χ4v) is 2.03. The number of alkyl halides is 3. The zero-order valence-corrected chi connectivity index (χ0v) is 10.8. The van der Waals surface area contributed by atoms with Crippen LogP contribution in [0.1, 0.15) is 19.4 Å². The van der Waals surface area contributed by atoms with Crippen LogP contribution in [0.25, 0.3) is 0 Å². The molecule has 1 aromatic rings. The first-order valence-corrected chi connectivity index (χ1v) is 5.95. The monoisotopic (exact) mass is 275 g/mol. The number of rotatable bonds is 2. The minimum atomic E-state index is -4.45. The minimum Gasteiger partial charge on any atom is -0.486 e. The van der Waals surface area contributed by atoms with Gasteiger partial charge in [0.25, 0.3) is 0 Å². The molecule has 1 atom stereocenters. The molecule has 0 bridgehead atoms. The maximum Gasteiger partial charge on any atom is 0.404 e. The van der Waals surface area contributed by atoms with Gasteiger partial charge in [-0.2, -0.15) is 13.2 Å². The molecule has 3 nitrogen and oxygen atoms in total. The Kier molecular flexibility index (Phi) is 3.38.